The van der Waals surface area contributed by atoms with Gasteiger partial charge in [0.2, 0.25) is 0 Å². The third-order valence-corrected chi connectivity index (χ3v) is 4.85. The van der Waals surface area contributed by atoms with Crippen LogP contribution in [0.15, 0.2) is 18.2 Å². The molecule has 0 aliphatic carbocycles. The molecule has 1 aromatic carbocycles. The fourth-order valence-electron chi connectivity index (χ4n) is 2.68. The van der Waals surface area contributed by atoms with Crippen LogP contribution in [0.25, 0.3) is 0 Å². The van der Waals surface area contributed by atoms with Gasteiger partial charge in [-0.3, -0.25) is 0 Å². The highest BCUT2D eigenvalue weighted by molar-refractivity contribution is 9.09. The van der Waals surface area contributed by atoms with Crippen molar-refractivity contribution in [2.45, 2.75) is 83.4 Å². The largest absolute Gasteiger partial charge is 0.0887 e. The van der Waals surface area contributed by atoms with E-state index in [4.69, 9.17) is 0 Å². The molecule has 0 aliphatic rings. The van der Waals surface area contributed by atoms with Gasteiger partial charge < -0.3 is 0 Å². The van der Waals surface area contributed by atoms with Crippen molar-refractivity contribution in [3.8, 4) is 0 Å². The molecule has 1 atom stereocenters. The average molecular weight is 339 g/mol. The number of halogens is 1. The summed E-state index contributed by atoms with van der Waals surface area (Å²) < 4.78 is 0. The molecule has 0 saturated heterocycles. The summed E-state index contributed by atoms with van der Waals surface area (Å²) in [5, 5.41) is 0. The maximum Gasteiger partial charge on any atom is 0.0186 e. The molecule has 0 heterocycles. The van der Waals surface area contributed by atoms with Gasteiger partial charge in [-0.15, -0.1) is 0 Å². The molecule has 0 aromatic heterocycles. The number of aryl methyl sites for hydroxylation is 2. The molecule has 1 aromatic rings. The van der Waals surface area contributed by atoms with E-state index in [0.717, 1.165) is 0 Å². The lowest BCUT2D eigenvalue weighted by molar-refractivity contribution is 0.570. The molecule has 0 fully saturated rings. The van der Waals surface area contributed by atoms with Gasteiger partial charge in [0.25, 0.3) is 0 Å². The van der Waals surface area contributed by atoms with Crippen molar-refractivity contribution in [3.05, 3.63) is 34.9 Å². The lowest BCUT2D eigenvalue weighted by atomic mass is 9.99. The smallest absolute Gasteiger partial charge is 0.0186 e. The summed E-state index contributed by atoms with van der Waals surface area (Å²) in [4.78, 5) is 0.638. The molecule has 0 amide bonds. The van der Waals surface area contributed by atoms with Crippen LogP contribution in [0, 0.1) is 13.8 Å². The van der Waals surface area contributed by atoms with E-state index < -0.39 is 0 Å². The van der Waals surface area contributed by atoms with Crippen molar-refractivity contribution in [3.63, 3.8) is 0 Å². The molecule has 0 aliphatic heterocycles. The summed E-state index contributed by atoms with van der Waals surface area (Å²) in [6, 6.07) is 6.80. The Kier molecular flexibility index (Phi) is 9.26. The minimum atomic E-state index is 0.638. The van der Waals surface area contributed by atoms with Gasteiger partial charge in [-0.2, -0.15) is 0 Å². The van der Waals surface area contributed by atoms with Gasteiger partial charge in [0.1, 0.15) is 0 Å². The third-order valence-electron chi connectivity index (χ3n) is 4.07. The molecular formula is C19H31Br. The number of rotatable bonds is 10. The Morgan fingerprint density at radius 2 is 1.60 bits per heavy atom. The van der Waals surface area contributed by atoms with Crippen LogP contribution in [-0.4, -0.2) is 4.83 Å². The number of benzene rings is 1. The Balaban J connectivity index is 2.17. The van der Waals surface area contributed by atoms with Gasteiger partial charge in [-0.05, 0) is 37.8 Å². The lowest BCUT2D eigenvalue weighted by Gasteiger charge is -2.12. The van der Waals surface area contributed by atoms with Crippen LogP contribution in [0.2, 0.25) is 0 Å². The van der Waals surface area contributed by atoms with E-state index in [0.29, 0.717) is 4.83 Å². The molecule has 114 valence electrons. The maximum atomic E-state index is 3.87. The second-order valence-electron chi connectivity index (χ2n) is 6.14. The van der Waals surface area contributed by atoms with Crippen LogP contribution >= 0.6 is 15.9 Å². The summed E-state index contributed by atoms with van der Waals surface area (Å²) in [7, 11) is 0. The molecule has 1 unspecified atom stereocenters. The van der Waals surface area contributed by atoms with Gasteiger partial charge in [0.05, 0.1) is 0 Å². The number of alkyl halides is 1. The molecular weight excluding hydrogens is 308 g/mol. The van der Waals surface area contributed by atoms with Crippen LogP contribution in [0.5, 0.6) is 0 Å². The standard InChI is InChI=1S/C19H31Br/c1-4-5-6-7-8-9-10-11-19(20)15-18-14-16(2)12-13-17(18)3/h12-14,19H,4-11,15H2,1-3H3. The minimum Gasteiger partial charge on any atom is -0.0887 e. The molecule has 1 rings (SSSR count). The van der Waals surface area contributed by atoms with Crippen LogP contribution < -0.4 is 0 Å². The zero-order chi connectivity index (χ0) is 14.8. The van der Waals surface area contributed by atoms with Crippen LogP contribution in [0.3, 0.4) is 0 Å². The van der Waals surface area contributed by atoms with Crippen molar-refractivity contribution in [2.24, 2.45) is 0 Å². The summed E-state index contributed by atoms with van der Waals surface area (Å²) in [5.41, 5.74) is 4.32. The summed E-state index contributed by atoms with van der Waals surface area (Å²) in [6.45, 7) is 6.69. The quantitative estimate of drug-likeness (QED) is 0.327. The Bertz CT molecular complexity index is 370. The van der Waals surface area contributed by atoms with Crippen molar-refractivity contribution in [2.75, 3.05) is 0 Å². The van der Waals surface area contributed by atoms with Crippen molar-refractivity contribution >= 4 is 15.9 Å². The highest BCUT2D eigenvalue weighted by Gasteiger charge is 2.07. The normalized spacial score (nSPS) is 12.6. The molecule has 20 heavy (non-hydrogen) atoms. The van der Waals surface area contributed by atoms with E-state index >= 15 is 0 Å². The molecule has 0 spiro atoms. The molecule has 1 heteroatoms. The second kappa shape index (κ2) is 10.4. The molecule has 0 nitrogen and oxygen atoms in total. The average Bonchev–Trinajstić information content (AvgIpc) is 2.42. The maximum absolute atomic E-state index is 3.87. The van der Waals surface area contributed by atoms with Gasteiger partial charge >= 0.3 is 0 Å². The Labute approximate surface area is 134 Å². The van der Waals surface area contributed by atoms with Crippen LogP contribution in [-0.2, 0) is 6.42 Å². The third kappa shape index (κ3) is 7.47. The minimum absolute atomic E-state index is 0.638. The van der Waals surface area contributed by atoms with Gasteiger partial charge in [-0.1, -0.05) is 91.6 Å². The predicted octanol–water partition coefficient (Wildman–Crippen LogP) is 6.75. The molecule has 0 bridgehead atoms. The van der Waals surface area contributed by atoms with E-state index in [1.807, 2.05) is 0 Å². The van der Waals surface area contributed by atoms with E-state index in [-0.39, 0.29) is 0 Å². The molecule has 0 radical (unpaired) electrons. The van der Waals surface area contributed by atoms with Crippen LogP contribution in [0.1, 0.15) is 75.0 Å². The second-order valence-corrected chi connectivity index (χ2v) is 7.44. The molecule has 0 saturated carbocycles. The first kappa shape index (κ1) is 17.8. The van der Waals surface area contributed by atoms with Gasteiger partial charge in [-0.25, -0.2) is 0 Å². The van der Waals surface area contributed by atoms with Crippen molar-refractivity contribution < 1.29 is 0 Å². The zero-order valence-electron chi connectivity index (χ0n) is 13.6. The highest BCUT2D eigenvalue weighted by Crippen LogP contribution is 2.20. The fourth-order valence-corrected chi connectivity index (χ4v) is 3.36. The number of hydrogen-bond donors (Lipinski definition) is 0. The van der Waals surface area contributed by atoms with Gasteiger partial charge in [0.15, 0.2) is 0 Å². The predicted molar refractivity (Wildman–Crippen MR) is 94.9 cm³/mol. The fraction of sp³-hybridized carbons (Fsp3) is 0.684. The summed E-state index contributed by atoms with van der Waals surface area (Å²) in [6.07, 6.45) is 12.3. The first-order valence-corrected chi connectivity index (χ1v) is 9.25. The molecule has 0 N–H and O–H groups in total. The highest BCUT2D eigenvalue weighted by atomic mass is 79.9. The van der Waals surface area contributed by atoms with E-state index in [1.165, 1.54) is 74.5 Å². The monoisotopic (exact) mass is 338 g/mol. The first-order chi connectivity index (χ1) is 9.63. The number of hydrogen-bond acceptors (Lipinski definition) is 0. The summed E-state index contributed by atoms with van der Waals surface area (Å²) >= 11 is 3.87. The lowest BCUT2D eigenvalue weighted by Crippen LogP contribution is -2.04. The first-order valence-electron chi connectivity index (χ1n) is 8.33. The Morgan fingerprint density at radius 3 is 2.30 bits per heavy atom. The van der Waals surface area contributed by atoms with E-state index in [9.17, 15) is 0 Å². The summed E-state index contributed by atoms with van der Waals surface area (Å²) in [5.74, 6) is 0. The van der Waals surface area contributed by atoms with Crippen molar-refractivity contribution in [1.29, 1.82) is 0 Å². The van der Waals surface area contributed by atoms with Crippen molar-refractivity contribution in [1.82, 2.24) is 0 Å². The van der Waals surface area contributed by atoms with E-state index in [1.54, 1.807) is 0 Å². The van der Waals surface area contributed by atoms with Crippen LogP contribution in [0.4, 0.5) is 0 Å². The Hall–Kier alpha value is -0.300. The topological polar surface area (TPSA) is 0 Å². The Morgan fingerprint density at radius 1 is 0.950 bits per heavy atom. The van der Waals surface area contributed by atoms with Gasteiger partial charge in [0, 0.05) is 4.83 Å². The SMILES string of the molecule is CCCCCCCCCC(Br)Cc1cc(C)ccc1C. The van der Waals surface area contributed by atoms with E-state index in [2.05, 4.69) is 54.9 Å². The zero-order valence-corrected chi connectivity index (χ0v) is 15.1. The number of unbranched alkanes of at least 4 members (excludes halogenated alkanes) is 6.